The number of carbonyl (C=O) groups is 1. The van der Waals surface area contributed by atoms with Gasteiger partial charge in [-0.05, 0) is 38.0 Å². The molecule has 2 heterocycles. The quantitative estimate of drug-likeness (QED) is 0.860. The van der Waals surface area contributed by atoms with Crippen LogP contribution in [0.2, 0.25) is 0 Å². The minimum atomic E-state index is -0.626. The van der Waals surface area contributed by atoms with Gasteiger partial charge < -0.3 is 15.6 Å². The Morgan fingerprint density at radius 2 is 2.17 bits per heavy atom. The number of rotatable bonds is 3. The van der Waals surface area contributed by atoms with Crippen LogP contribution in [-0.4, -0.2) is 10.5 Å². The first kappa shape index (κ1) is 15.7. The smallest absolute Gasteiger partial charge is 0.255 e. The van der Waals surface area contributed by atoms with E-state index in [1.54, 1.807) is 17.6 Å². The standard InChI is InChI=1S/C16H15BrFN3O2/c1-8-14(20-11-5-4-9(17)7-10(11)18)13(15(19)22)12-3-2-6-21(12)16(8)23/h4-5,7,20H,2-3,6H2,1H3,(H2,19,22). The van der Waals surface area contributed by atoms with E-state index in [9.17, 15) is 14.0 Å². The van der Waals surface area contributed by atoms with Crippen LogP contribution in [0.15, 0.2) is 27.5 Å². The van der Waals surface area contributed by atoms with Gasteiger partial charge in [0.25, 0.3) is 11.5 Å². The second kappa shape index (κ2) is 5.81. The van der Waals surface area contributed by atoms with Crippen molar-refractivity contribution in [3.63, 3.8) is 0 Å². The molecule has 0 aliphatic carbocycles. The molecule has 0 atom stereocenters. The van der Waals surface area contributed by atoms with E-state index in [1.807, 2.05) is 0 Å². The molecule has 3 N–H and O–H groups in total. The highest BCUT2D eigenvalue weighted by atomic mass is 79.9. The number of anilines is 2. The van der Waals surface area contributed by atoms with Gasteiger partial charge in [0.2, 0.25) is 0 Å². The van der Waals surface area contributed by atoms with E-state index >= 15 is 0 Å². The van der Waals surface area contributed by atoms with Crippen molar-refractivity contribution in [2.24, 2.45) is 5.73 Å². The van der Waals surface area contributed by atoms with Gasteiger partial charge in [-0.1, -0.05) is 15.9 Å². The van der Waals surface area contributed by atoms with Gasteiger partial charge in [-0.15, -0.1) is 0 Å². The van der Waals surface area contributed by atoms with Crippen LogP contribution in [0.25, 0.3) is 0 Å². The predicted octanol–water partition coefficient (Wildman–Crippen LogP) is 2.85. The highest BCUT2D eigenvalue weighted by molar-refractivity contribution is 9.10. The van der Waals surface area contributed by atoms with Crippen molar-refractivity contribution in [1.82, 2.24) is 4.57 Å². The SMILES string of the molecule is Cc1c(Nc2ccc(Br)cc2F)c(C(N)=O)c2n(c1=O)CCC2. The van der Waals surface area contributed by atoms with E-state index in [1.165, 1.54) is 12.1 Å². The van der Waals surface area contributed by atoms with Gasteiger partial charge >= 0.3 is 0 Å². The number of hydrogen-bond acceptors (Lipinski definition) is 3. The first-order valence-corrected chi connectivity index (χ1v) is 7.97. The average molecular weight is 380 g/mol. The first-order valence-electron chi connectivity index (χ1n) is 7.18. The second-order valence-corrected chi connectivity index (χ2v) is 6.41. The van der Waals surface area contributed by atoms with Gasteiger partial charge in [-0.2, -0.15) is 0 Å². The van der Waals surface area contributed by atoms with E-state index in [-0.39, 0.29) is 22.5 Å². The number of nitrogens with two attached hydrogens (primary N) is 1. The Bertz CT molecular complexity index is 877. The summed E-state index contributed by atoms with van der Waals surface area (Å²) in [6.45, 7) is 2.18. The maximum Gasteiger partial charge on any atom is 0.255 e. The van der Waals surface area contributed by atoms with Crippen LogP contribution in [0.1, 0.15) is 28.0 Å². The number of carbonyl (C=O) groups excluding carboxylic acids is 1. The summed E-state index contributed by atoms with van der Waals surface area (Å²) in [6.07, 6.45) is 1.39. The fourth-order valence-corrected chi connectivity index (χ4v) is 3.28. The Labute approximate surface area is 140 Å². The molecule has 0 fully saturated rings. The highest BCUT2D eigenvalue weighted by Crippen LogP contribution is 2.30. The van der Waals surface area contributed by atoms with Gasteiger partial charge in [-0.25, -0.2) is 4.39 Å². The van der Waals surface area contributed by atoms with Crippen molar-refractivity contribution in [1.29, 1.82) is 0 Å². The number of halogens is 2. The third-order valence-electron chi connectivity index (χ3n) is 4.04. The molecule has 1 aliphatic rings. The topological polar surface area (TPSA) is 77.1 Å². The molecule has 23 heavy (non-hydrogen) atoms. The molecule has 120 valence electrons. The van der Waals surface area contributed by atoms with E-state index in [0.29, 0.717) is 28.7 Å². The van der Waals surface area contributed by atoms with Crippen LogP contribution in [0.4, 0.5) is 15.8 Å². The Hall–Kier alpha value is -2.15. The summed E-state index contributed by atoms with van der Waals surface area (Å²) in [5.41, 5.74) is 7.06. The molecule has 0 spiro atoms. The lowest BCUT2D eigenvalue weighted by Crippen LogP contribution is -2.28. The minimum Gasteiger partial charge on any atom is -0.365 e. The first-order chi connectivity index (χ1) is 10.9. The van der Waals surface area contributed by atoms with Crippen molar-refractivity contribution >= 4 is 33.2 Å². The second-order valence-electron chi connectivity index (χ2n) is 5.50. The van der Waals surface area contributed by atoms with Gasteiger partial charge in [0.05, 0.1) is 16.9 Å². The Morgan fingerprint density at radius 3 is 2.83 bits per heavy atom. The molecule has 1 aromatic carbocycles. The molecular weight excluding hydrogens is 365 g/mol. The lowest BCUT2D eigenvalue weighted by molar-refractivity contribution is 0.0999. The molecule has 7 heteroatoms. The number of fused-ring (bicyclic) bond motifs is 1. The highest BCUT2D eigenvalue weighted by Gasteiger charge is 2.26. The molecule has 0 bridgehead atoms. The van der Waals surface area contributed by atoms with Crippen LogP contribution in [0, 0.1) is 12.7 Å². The number of nitrogens with one attached hydrogen (secondary N) is 1. The van der Waals surface area contributed by atoms with E-state index in [4.69, 9.17) is 5.73 Å². The normalized spacial score (nSPS) is 13.0. The van der Waals surface area contributed by atoms with Crippen molar-refractivity contribution in [2.45, 2.75) is 26.3 Å². The molecule has 1 amide bonds. The van der Waals surface area contributed by atoms with Crippen molar-refractivity contribution < 1.29 is 9.18 Å². The van der Waals surface area contributed by atoms with Crippen LogP contribution >= 0.6 is 15.9 Å². The Balaban J connectivity index is 2.21. The number of pyridine rings is 1. The third kappa shape index (κ3) is 2.65. The maximum absolute atomic E-state index is 14.1. The zero-order valence-corrected chi connectivity index (χ0v) is 14.0. The summed E-state index contributed by atoms with van der Waals surface area (Å²) < 4.78 is 16.3. The summed E-state index contributed by atoms with van der Waals surface area (Å²) in [5, 5.41) is 2.88. The van der Waals surface area contributed by atoms with Gasteiger partial charge in [0.1, 0.15) is 5.82 Å². The van der Waals surface area contributed by atoms with E-state index in [2.05, 4.69) is 21.2 Å². The monoisotopic (exact) mass is 379 g/mol. The van der Waals surface area contributed by atoms with Crippen molar-refractivity contribution in [3.05, 3.63) is 55.7 Å². The van der Waals surface area contributed by atoms with Crippen molar-refractivity contribution in [2.75, 3.05) is 5.32 Å². The van der Waals surface area contributed by atoms with E-state index in [0.717, 1.165) is 6.42 Å². The number of primary amides is 1. The molecule has 2 aromatic rings. The number of hydrogen-bond donors (Lipinski definition) is 2. The molecule has 5 nitrogen and oxygen atoms in total. The third-order valence-corrected chi connectivity index (χ3v) is 4.53. The number of nitrogens with zero attached hydrogens (tertiary/aromatic N) is 1. The molecular formula is C16H15BrFN3O2. The molecule has 0 saturated heterocycles. The molecule has 0 radical (unpaired) electrons. The maximum atomic E-state index is 14.1. The fourth-order valence-electron chi connectivity index (χ4n) is 2.95. The molecule has 3 rings (SSSR count). The van der Waals surface area contributed by atoms with Crippen LogP contribution in [-0.2, 0) is 13.0 Å². The molecule has 1 aliphatic heterocycles. The fraction of sp³-hybridized carbons (Fsp3) is 0.250. The summed E-state index contributed by atoms with van der Waals surface area (Å²) in [6, 6.07) is 4.52. The number of benzene rings is 1. The summed E-state index contributed by atoms with van der Waals surface area (Å²) in [7, 11) is 0. The van der Waals surface area contributed by atoms with Gasteiger partial charge in [0, 0.05) is 22.3 Å². The minimum absolute atomic E-state index is 0.178. The van der Waals surface area contributed by atoms with Gasteiger partial charge in [-0.3, -0.25) is 9.59 Å². The zero-order chi connectivity index (χ0) is 16.7. The average Bonchev–Trinajstić information content (AvgIpc) is 2.96. The number of aromatic nitrogens is 1. The van der Waals surface area contributed by atoms with Crippen LogP contribution in [0.3, 0.4) is 0 Å². The Kier molecular flexibility index (Phi) is 3.97. The van der Waals surface area contributed by atoms with Crippen LogP contribution in [0.5, 0.6) is 0 Å². The summed E-state index contributed by atoms with van der Waals surface area (Å²) >= 11 is 3.19. The van der Waals surface area contributed by atoms with Gasteiger partial charge in [0.15, 0.2) is 0 Å². The summed E-state index contributed by atoms with van der Waals surface area (Å²) in [5.74, 6) is -1.12. The van der Waals surface area contributed by atoms with Crippen molar-refractivity contribution in [3.8, 4) is 0 Å². The van der Waals surface area contributed by atoms with E-state index < -0.39 is 11.7 Å². The molecule has 1 aromatic heterocycles. The lowest BCUT2D eigenvalue weighted by atomic mass is 10.0. The Morgan fingerprint density at radius 1 is 1.43 bits per heavy atom. The lowest BCUT2D eigenvalue weighted by Gasteiger charge is -2.18. The molecule has 0 unspecified atom stereocenters. The van der Waals surface area contributed by atoms with Crippen LogP contribution < -0.4 is 16.6 Å². The summed E-state index contributed by atoms with van der Waals surface area (Å²) in [4.78, 5) is 24.4. The number of amides is 1. The zero-order valence-electron chi connectivity index (χ0n) is 12.5. The predicted molar refractivity (Wildman–Crippen MR) is 89.7 cm³/mol. The molecule has 0 saturated carbocycles. The largest absolute Gasteiger partial charge is 0.365 e.